The normalized spacial score (nSPS) is 10.7. The molecule has 0 bridgehead atoms. The second-order valence-corrected chi connectivity index (χ2v) is 6.88. The van der Waals surface area contributed by atoms with Gasteiger partial charge in [-0.25, -0.2) is 0 Å². The summed E-state index contributed by atoms with van der Waals surface area (Å²) >= 11 is 1.57. The van der Waals surface area contributed by atoms with Crippen LogP contribution in [0.2, 0.25) is 0 Å². The van der Waals surface area contributed by atoms with E-state index >= 15 is 0 Å². The number of hydrogen-bond acceptors (Lipinski definition) is 4. The fourth-order valence-electron chi connectivity index (χ4n) is 2.63. The number of benzene rings is 2. The Kier molecular flexibility index (Phi) is 6.44. The van der Waals surface area contributed by atoms with Crippen LogP contribution in [0.15, 0.2) is 65.8 Å². The lowest BCUT2D eigenvalue weighted by atomic mass is 10.1. The van der Waals surface area contributed by atoms with E-state index in [0.29, 0.717) is 12.2 Å². The third-order valence-corrected chi connectivity index (χ3v) is 4.90. The largest absolute Gasteiger partial charge is 0.326 e. The lowest BCUT2D eigenvalue weighted by Crippen LogP contribution is -2.12. The summed E-state index contributed by atoms with van der Waals surface area (Å²) in [6.07, 6.45) is 1.20. The molecule has 0 atom stereocenters. The fourth-order valence-corrected chi connectivity index (χ4v) is 3.59. The molecule has 1 amide bonds. The summed E-state index contributed by atoms with van der Waals surface area (Å²) in [6, 6.07) is 19.8. The minimum atomic E-state index is 0.00997. The minimum Gasteiger partial charge on any atom is -0.326 e. The molecule has 1 heterocycles. The summed E-state index contributed by atoms with van der Waals surface area (Å²) in [5, 5.41) is 12.4. The average molecular weight is 366 g/mol. The standard InChI is InChI=1S/C20H22N4OS/c1-2-24-18(15-16-9-5-3-6-10-16)22-23-20(24)26-14-13-19(25)21-17-11-7-4-8-12-17/h3-12H,2,13-15H2,1H3,(H,21,25). The van der Waals surface area contributed by atoms with Crippen LogP contribution in [-0.4, -0.2) is 26.4 Å². The zero-order valence-corrected chi connectivity index (χ0v) is 15.6. The number of rotatable bonds is 8. The van der Waals surface area contributed by atoms with Crippen molar-refractivity contribution in [1.82, 2.24) is 14.8 Å². The Bertz CT molecular complexity index is 834. The molecule has 0 spiro atoms. The molecular weight excluding hydrogens is 344 g/mol. The van der Waals surface area contributed by atoms with Crippen molar-refractivity contribution in [2.24, 2.45) is 0 Å². The number of carbonyl (C=O) groups excluding carboxylic acids is 1. The van der Waals surface area contributed by atoms with Crippen LogP contribution in [-0.2, 0) is 17.8 Å². The van der Waals surface area contributed by atoms with E-state index in [1.165, 1.54) is 5.56 Å². The lowest BCUT2D eigenvalue weighted by molar-refractivity contribution is -0.115. The van der Waals surface area contributed by atoms with Gasteiger partial charge >= 0.3 is 0 Å². The van der Waals surface area contributed by atoms with Gasteiger partial charge in [-0.2, -0.15) is 0 Å². The highest BCUT2D eigenvalue weighted by Gasteiger charge is 2.12. The van der Waals surface area contributed by atoms with Gasteiger partial charge in [-0.3, -0.25) is 4.79 Å². The highest BCUT2D eigenvalue weighted by Crippen LogP contribution is 2.20. The molecule has 0 radical (unpaired) electrons. The first-order chi connectivity index (χ1) is 12.8. The molecule has 3 rings (SSSR count). The number of aromatic nitrogens is 3. The zero-order chi connectivity index (χ0) is 18.2. The Labute approximate surface area is 157 Å². The van der Waals surface area contributed by atoms with Crippen LogP contribution in [0.1, 0.15) is 24.7 Å². The van der Waals surface area contributed by atoms with Gasteiger partial charge in [-0.05, 0) is 24.6 Å². The van der Waals surface area contributed by atoms with Crippen LogP contribution in [0.5, 0.6) is 0 Å². The molecule has 0 aliphatic heterocycles. The molecule has 0 saturated heterocycles. The first-order valence-corrected chi connectivity index (χ1v) is 9.68. The Morgan fingerprint density at radius 1 is 1.04 bits per heavy atom. The molecule has 0 aliphatic carbocycles. The molecule has 0 aliphatic rings. The van der Waals surface area contributed by atoms with Crippen molar-refractivity contribution in [2.45, 2.75) is 31.5 Å². The van der Waals surface area contributed by atoms with E-state index in [-0.39, 0.29) is 5.91 Å². The number of carbonyl (C=O) groups is 1. The zero-order valence-electron chi connectivity index (χ0n) is 14.8. The van der Waals surface area contributed by atoms with Crippen molar-refractivity contribution in [3.05, 3.63) is 72.1 Å². The molecule has 5 nitrogen and oxygen atoms in total. The van der Waals surface area contributed by atoms with E-state index in [2.05, 4.69) is 39.1 Å². The first kappa shape index (κ1) is 18.2. The maximum atomic E-state index is 12.0. The molecule has 0 saturated carbocycles. The van der Waals surface area contributed by atoms with Gasteiger partial charge in [0.25, 0.3) is 0 Å². The summed E-state index contributed by atoms with van der Waals surface area (Å²) in [5.74, 6) is 1.63. The van der Waals surface area contributed by atoms with E-state index in [0.717, 1.165) is 29.6 Å². The van der Waals surface area contributed by atoms with E-state index in [1.807, 2.05) is 48.5 Å². The monoisotopic (exact) mass is 366 g/mol. The Hall–Kier alpha value is -2.60. The summed E-state index contributed by atoms with van der Waals surface area (Å²) in [6.45, 7) is 2.90. The van der Waals surface area contributed by atoms with E-state index in [1.54, 1.807) is 11.8 Å². The van der Waals surface area contributed by atoms with Crippen molar-refractivity contribution in [3.63, 3.8) is 0 Å². The van der Waals surface area contributed by atoms with Crippen LogP contribution in [0, 0.1) is 0 Å². The van der Waals surface area contributed by atoms with Crippen LogP contribution < -0.4 is 5.32 Å². The maximum absolute atomic E-state index is 12.0. The molecule has 2 aromatic carbocycles. The van der Waals surface area contributed by atoms with E-state index < -0.39 is 0 Å². The second-order valence-electron chi connectivity index (χ2n) is 5.82. The predicted molar refractivity (Wildman–Crippen MR) is 105 cm³/mol. The number of hydrogen-bond donors (Lipinski definition) is 1. The van der Waals surface area contributed by atoms with Crippen molar-refractivity contribution in [2.75, 3.05) is 11.1 Å². The number of nitrogens with one attached hydrogen (secondary N) is 1. The van der Waals surface area contributed by atoms with Gasteiger partial charge in [-0.1, -0.05) is 60.3 Å². The Balaban J connectivity index is 1.54. The van der Waals surface area contributed by atoms with Gasteiger partial charge in [0.15, 0.2) is 5.16 Å². The van der Waals surface area contributed by atoms with Gasteiger partial charge in [0.2, 0.25) is 5.91 Å². The second kappa shape index (κ2) is 9.20. The lowest BCUT2D eigenvalue weighted by Gasteiger charge is -2.08. The molecule has 26 heavy (non-hydrogen) atoms. The smallest absolute Gasteiger partial charge is 0.225 e. The number of para-hydroxylation sites is 1. The first-order valence-electron chi connectivity index (χ1n) is 8.70. The van der Waals surface area contributed by atoms with Gasteiger partial charge in [0.1, 0.15) is 5.82 Å². The van der Waals surface area contributed by atoms with Gasteiger partial charge in [0.05, 0.1) is 0 Å². The molecule has 0 fully saturated rings. The van der Waals surface area contributed by atoms with Crippen molar-refractivity contribution < 1.29 is 4.79 Å². The van der Waals surface area contributed by atoms with E-state index in [4.69, 9.17) is 0 Å². The van der Waals surface area contributed by atoms with Crippen LogP contribution >= 0.6 is 11.8 Å². The summed E-state index contributed by atoms with van der Waals surface area (Å²) in [5.41, 5.74) is 2.04. The molecule has 0 unspecified atom stereocenters. The van der Waals surface area contributed by atoms with Crippen molar-refractivity contribution in [3.8, 4) is 0 Å². The molecule has 3 aromatic rings. The molecule has 1 aromatic heterocycles. The number of amides is 1. The van der Waals surface area contributed by atoms with E-state index in [9.17, 15) is 4.79 Å². The average Bonchev–Trinajstić information content (AvgIpc) is 3.05. The Morgan fingerprint density at radius 2 is 1.73 bits per heavy atom. The van der Waals surface area contributed by atoms with Crippen LogP contribution in [0.3, 0.4) is 0 Å². The minimum absolute atomic E-state index is 0.00997. The SMILES string of the molecule is CCn1c(Cc2ccccc2)nnc1SCCC(=O)Nc1ccccc1. The maximum Gasteiger partial charge on any atom is 0.225 e. The number of anilines is 1. The molecule has 134 valence electrons. The topological polar surface area (TPSA) is 59.8 Å². The van der Waals surface area contributed by atoms with Crippen LogP contribution in [0.4, 0.5) is 5.69 Å². The molecular formula is C20H22N4OS. The fraction of sp³-hybridized carbons (Fsp3) is 0.250. The summed E-state index contributed by atoms with van der Waals surface area (Å²) in [7, 11) is 0. The predicted octanol–water partition coefficient (Wildman–Crippen LogP) is 4.01. The van der Waals surface area contributed by atoms with Crippen molar-refractivity contribution >= 4 is 23.4 Å². The quantitative estimate of drug-likeness (QED) is 0.612. The van der Waals surface area contributed by atoms with Gasteiger partial charge in [0, 0.05) is 30.8 Å². The van der Waals surface area contributed by atoms with Gasteiger partial charge < -0.3 is 9.88 Å². The summed E-state index contributed by atoms with van der Waals surface area (Å²) in [4.78, 5) is 12.0. The van der Waals surface area contributed by atoms with Crippen molar-refractivity contribution in [1.29, 1.82) is 0 Å². The Morgan fingerprint density at radius 3 is 2.42 bits per heavy atom. The summed E-state index contributed by atoms with van der Waals surface area (Å²) < 4.78 is 2.12. The van der Waals surface area contributed by atoms with Gasteiger partial charge in [-0.15, -0.1) is 10.2 Å². The highest BCUT2D eigenvalue weighted by molar-refractivity contribution is 7.99. The molecule has 1 N–H and O–H groups in total. The third kappa shape index (κ3) is 4.95. The third-order valence-electron chi connectivity index (χ3n) is 3.93. The molecule has 6 heteroatoms. The van der Waals surface area contributed by atoms with Crippen LogP contribution in [0.25, 0.3) is 0 Å². The number of thioether (sulfide) groups is 1. The number of nitrogens with zero attached hydrogens (tertiary/aromatic N) is 3. The highest BCUT2D eigenvalue weighted by atomic mass is 32.2.